The van der Waals surface area contributed by atoms with Gasteiger partial charge in [0.05, 0.1) is 5.69 Å². The van der Waals surface area contributed by atoms with Crippen LogP contribution in [-0.2, 0) is 6.54 Å². The number of hydrogen-bond donors (Lipinski definition) is 1. The molecule has 2 rings (SSSR count). The largest absolute Gasteiger partial charge is 0.316 e. The van der Waals surface area contributed by atoms with Gasteiger partial charge < -0.3 is 5.32 Å². The summed E-state index contributed by atoms with van der Waals surface area (Å²) in [6, 6.07) is 3.79. The SMILES string of the molecule is CCN(Cc1cc(Cl)ccn1)CC1CCCNC1. The van der Waals surface area contributed by atoms with Crippen LogP contribution in [0.3, 0.4) is 0 Å². The van der Waals surface area contributed by atoms with Crippen LogP contribution in [0.25, 0.3) is 0 Å². The first-order chi connectivity index (χ1) is 8.78. The number of rotatable bonds is 5. The second kappa shape index (κ2) is 7.07. The maximum atomic E-state index is 5.99. The van der Waals surface area contributed by atoms with Crippen LogP contribution in [0.4, 0.5) is 0 Å². The lowest BCUT2D eigenvalue weighted by atomic mass is 9.99. The zero-order valence-electron chi connectivity index (χ0n) is 11.0. The van der Waals surface area contributed by atoms with Crippen molar-refractivity contribution < 1.29 is 0 Å². The molecule has 0 aliphatic carbocycles. The molecule has 1 aliphatic heterocycles. The summed E-state index contributed by atoms with van der Waals surface area (Å²) in [5.74, 6) is 0.776. The summed E-state index contributed by atoms with van der Waals surface area (Å²) in [5.41, 5.74) is 1.06. The smallest absolute Gasteiger partial charge is 0.0558 e. The van der Waals surface area contributed by atoms with E-state index in [0.29, 0.717) is 0 Å². The van der Waals surface area contributed by atoms with Gasteiger partial charge in [-0.05, 0) is 50.5 Å². The third-order valence-corrected chi connectivity index (χ3v) is 3.76. The molecule has 1 atom stereocenters. The number of nitrogens with zero attached hydrogens (tertiary/aromatic N) is 2. The van der Waals surface area contributed by atoms with E-state index in [1.165, 1.54) is 19.4 Å². The predicted molar refractivity (Wildman–Crippen MR) is 75.8 cm³/mol. The standard InChI is InChI=1S/C14H22ClN3/c1-2-18(10-12-4-3-6-16-9-12)11-14-8-13(15)5-7-17-14/h5,7-8,12,16H,2-4,6,9-11H2,1H3. The molecule has 1 fully saturated rings. The summed E-state index contributed by atoms with van der Waals surface area (Å²) in [5, 5.41) is 4.25. The monoisotopic (exact) mass is 267 g/mol. The van der Waals surface area contributed by atoms with Gasteiger partial charge in [-0.1, -0.05) is 18.5 Å². The normalized spacial score (nSPS) is 20.3. The van der Waals surface area contributed by atoms with Crippen molar-refractivity contribution in [2.75, 3.05) is 26.2 Å². The third-order valence-electron chi connectivity index (χ3n) is 3.53. The minimum atomic E-state index is 0.774. The Morgan fingerprint density at radius 3 is 3.11 bits per heavy atom. The molecule has 100 valence electrons. The molecule has 2 heterocycles. The molecule has 0 aromatic carbocycles. The highest BCUT2D eigenvalue weighted by molar-refractivity contribution is 6.30. The lowest BCUT2D eigenvalue weighted by molar-refractivity contribution is 0.208. The quantitative estimate of drug-likeness (QED) is 0.889. The van der Waals surface area contributed by atoms with Gasteiger partial charge in [0.15, 0.2) is 0 Å². The van der Waals surface area contributed by atoms with Gasteiger partial charge in [0.1, 0.15) is 0 Å². The fourth-order valence-corrected chi connectivity index (χ4v) is 2.70. The number of piperidine rings is 1. The highest BCUT2D eigenvalue weighted by atomic mass is 35.5. The second-order valence-corrected chi connectivity index (χ2v) is 5.44. The molecule has 1 N–H and O–H groups in total. The first-order valence-electron chi connectivity index (χ1n) is 6.81. The fourth-order valence-electron chi connectivity index (χ4n) is 2.51. The lowest BCUT2D eigenvalue weighted by Crippen LogP contribution is -2.38. The van der Waals surface area contributed by atoms with Gasteiger partial charge in [0, 0.05) is 24.3 Å². The number of aromatic nitrogens is 1. The van der Waals surface area contributed by atoms with Crippen molar-refractivity contribution in [2.45, 2.75) is 26.3 Å². The van der Waals surface area contributed by atoms with E-state index < -0.39 is 0 Å². The van der Waals surface area contributed by atoms with Crippen LogP contribution >= 0.6 is 11.6 Å². The Kier molecular flexibility index (Phi) is 5.42. The van der Waals surface area contributed by atoms with E-state index in [4.69, 9.17) is 11.6 Å². The van der Waals surface area contributed by atoms with Crippen LogP contribution in [0, 0.1) is 5.92 Å². The van der Waals surface area contributed by atoms with E-state index >= 15 is 0 Å². The molecule has 1 unspecified atom stereocenters. The highest BCUT2D eigenvalue weighted by Crippen LogP contribution is 2.14. The molecule has 1 saturated heterocycles. The molecule has 1 aromatic rings. The Hall–Kier alpha value is -0.640. The van der Waals surface area contributed by atoms with Gasteiger partial charge in [-0.25, -0.2) is 0 Å². The van der Waals surface area contributed by atoms with Crippen LogP contribution < -0.4 is 5.32 Å². The summed E-state index contributed by atoms with van der Waals surface area (Å²) in [6.07, 6.45) is 4.43. The molecule has 1 aromatic heterocycles. The van der Waals surface area contributed by atoms with E-state index in [2.05, 4.69) is 22.1 Å². The van der Waals surface area contributed by atoms with E-state index in [1.54, 1.807) is 6.20 Å². The maximum Gasteiger partial charge on any atom is 0.0558 e. The second-order valence-electron chi connectivity index (χ2n) is 5.01. The molecule has 0 spiro atoms. The Labute approximate surface area is 115 Å². The summed E-state index contributed by atoms with van der Waals surface area (Å²) in [7, 11) is 0. The minimum Gasteiger partial charge on any atom is -0.316 e. The minimum absolute atomic E-state index is 0.774. The van der Waals surface area contributed by atoms with E-state index in [-0.39, 0.29) is 0 Å². The zero-order valence-corrected chi connectivity index (χ0v) is 11.8. The van der Waals surface area contributed by atoms with Crippen molar-refractivity contribution in [3.05, 3.63) is 29.0 Å². The summed E-state index contributed by atoms with van der Waals surface area (Å²) < 4.78 is 0. The first kappa shape index (κ1) is 13.8. The molecule has 0 radical (unpaired) electrons. The van der Waals surface area contributed by atoms with Crippen LogP contribution in [0.2, 0.25) is 5.02 Å². The van der Waals surface area contributed by atoms with Crippen molar-refractivity contribution in [2.24, 2.45) is 5.92 Å². The Morgan fingerprint density at radius 1 is 1.56 bits per heavy atom. The zero-order chi connectivity index (χ0) is 12.8. The van der Waals surface area contributed by atoms with Crippen molar-refractivity contribution in [1.82, 2.24) is 15.2 Å². The first-order valence-corrected chi connectivity index (χ1v) is 7.19. The Morgan fingerprint density at radius 2 is 2.44 bits per heavy atom. The molecule has 0 saturated carbocycles. The summed E-state index contributed by atoms with van der Waals surface area (Å²) >= 11 is 5.99. The molecule has 3 nitrogen and oxygen atoms in total. The summed E-state index contributed by atoms with van der Waals surface area (Å²) in [4.78, 5) is 6.83. The van der Waals surface area contributed by atoms with Gasteiger partial charge in [-0.3, -0.25) is 9.88 Å². The number of hydrogen-bond acceptors (Lipinski definition) is 3. The Balaban J connectivity index is 1.88. The summed E-state index contributed by atoms with van der Waals surface area (Å²) in [6.45, 7) is 7.65. The van der Waals surface area contributed by atoms with E-state index in [9.17, 15) is 0 Å². The van der Waals surface area contributed by atoms with Crippen LogP contribution in [0.15, 0.2) is 18.3 Å². The fraction of sp³-hybridized carbons (Fsp3) is 0.643. The molecule has 0 bridgehead atoms. The molecule has 18 heavy (non-hydrogen) atoms. The van der Waals surface area contributed by atoms with Crippen molar-refractivity contribution >= 4 is 11.6 Å². The molecule has 0 amide bonds. The van der Waals surface area contributed by atoms with Crippen LogP contribution in [0.1, 0.15) is 25.5 Å². The highest BCUT2D eigenvalue weighted by Gasteiger charge is 2.16. The lowest BCUT2D eigenvalue weighted by Gasteiger charge is -2.29. The van der Waals surface area contributed by atoms with Crippen molar-refractivity contribution in [3.63, 3.8) is 0 Å². The topological polar surface area (TPSA) is 28.2 Å². The van der Waals surface area contributed by atoms with Crippen molar-refractivity contribution in [3.8, 4) is 0 Å². The molecule has 1 aliphatic rings. The average Bonchev–Trinajstić information content (AvgIpc) is 2.39. The average molecular weight is 268 g/mol. The van der Waals surface area contributed by atoms with Gasteiger partial charge in [0.25, 0.3) is 0 Å². The van der Waals surface area contributed by atoms with E-state index in [0.717, 1.165) is 42.8 Å². The van der Waals surface area contributed by atoms with Gasteiger partial charge in [-0.2, -0.15) is 0 Å². The number of halogens is 1. The van der Waals surface area contributed by atoms with Gasteiger partial charge in [-0.15, -0.1) is 0 Å². The van der Waals surface area contributed by atoms with E-state index in [1.807, 2.05) is 12.1 Å². The molecular weight excluding hydrogens is 246 g/mol. The van der Waals surface area contributed by atoms with Gasteiger partial charge in [0.2, 0.25) is 0 Å². The molecular formula is C14H22ClN3. The molecule has 4 heteroatoms. The number of nitrogens with one attached hydrogen (secondary N) is 1. The van der Waals surface area contributed by atoms with Gasteiger partial charge >= 0.3 is 0 Å². The Bertz CT molecular complexity index is 364. The number of pyridine rings is 1. The predicted octanol–water partition coefficient (Wildman–Crippen LogP) is 2.56. The van der Waals surface area contributed by atoms with Crippen LogP contribution in [0.5, 0.6) is 0 Å². The van der Waals surface area contributed by atoms with Crippen LogP contribution in [-0.4, -0.2) is 36.1 Å². The third kappa shape index (κ3) is 4.23. The van der Waals surface area contributed by atoms with Crippen molar-refractivity contribution in [1.29, 1.82) is 0 Å². The maximum absolute atomic E-state index is 5.99.